The first-order valence-electron chi connectivity index (χ1n) is 17.4. The van der Waals surface area contributed by atoms with Gasteiger partial charge in [0.1, 0.15) is 5.58 Å². The van der Waals surface area contributed by atoms with Gasteiger partial charge in [0.05, 0.1) is 39.3 Å². The van der Waals surface area contributed by atoms with Crippen LogP contribution >= 0.6 is 11.8 Å². The highest BCUT2D eigenvalue weighted by Crippen LogP contribution is 2.40. The topological polar surface area (TPSA) is 35.9 Å². The molecule has 11 rings (SSSR count). The summed E-state index contributed by atoms with van der Waals surface area (Å²) in [7, 11) is 0. The Morgan fingerprint density at radius 3 is 1.69 bits per heavy atom. The number of pyridine rings is 1. The molecule has 4 nitrogen and oxygen atoms in total. The van der Waals surface area contributed by atoms with E-state index in [2.05, 4.69) is 161 Å². The molecule has 0 aliphatic rings. The summed E-state index contributed by atoms with van der Waals surface area (Å²) in [6.07, 6.45) is 1.92. The Bertz CT molecular complexity index is 3170. The van der Waals surface area contributed by atoms with E-state index in [4.69, 9.17) is 9.40 Å². The number of fused-ring (bicyclic) bond motifs is 9. The number of furan rings is 1. The molecule has 5 heteroatoms. The van der Waals surface area contributed by atoms with E-state index in [1.54, 1.807) is 11.8 Å². The van der Waals surface area contributed by atoms with Crippen molar-refractivity contribution < 1.29 is 4.42 Å². The van der Waals surface area contributed by atoms with E-state index in [9.17, 15) is 0 Å². The number of para-hydroxylation sites is 3. The summed E-state index contributed by atoms with van der Waals surface area (Å²) in [6.45, 7) is 0. The van der Waals surface area contributed by atoms with Crippen LogP contribution in [0.4, 0.5) is 0 Å². The zero-order valence-electron chi connectivity index (χ0n) is 27.9. The Kier molecular flexibility index (Phi) is 6.45. The van der Waals surface area contributed by atoms with Gasteiger partial charge in [-0.25, -0.2) is 4.98 Å². The lowest BCUT2D eigenvalue weighted by Crippen LogP contribution is -1.94. The smallest absolute Gasteiger partial charge is 0.227 e. The summed E-state index contributed by atoms with van der Waals surface area (Å²) in [5.74, 6) is 0. The molecule has 0 amide bonds. The average molecular weight is 684 g/mol. The molecule has 0 atom stereocenters. The van der Waals surface area contributed by atoms with Crippen molar-refractivity contribution in [2.24, 2.45) is 0 Å². The number of hydrogen-bond donors (Lipinski definition) is 0. The molecule has 0 spiro atoms. The number of rotatable bonds is 5. The van der Waals surface area contributed by atoms with Gasteiger partial charge in [-0.1, -0.05) is 109 Å². The fourth-order valence-electron chi connectivity index (χ4n) is 7.90. The zero-order chi connectivity index (χ0) is 34.2. The highest BCUT2D eigenvalue weighted by Gasteiger charge is 2.17. The normalized spacial score (nSPS) is 11.9. The Morgan fingerprint density at radius 2 is 0.981 bits per heavy atom. The summed E-state index contributed by atoms with van der Waals surface area (Å²) in [5, 5.41) is 7.03. The van der Waals surface area contributed by atoms with Crippen molar-refractivity contribution in [3.05, 3.63) is 176 Å². The lowest BCUT2D eigenvalue weighted by atomic mass is 10.1. The van der Waals surface area contributed by atoms with Crippen LogP contribution in [0.2, 0.25) is 0 Å². The second-order valence-corrected chi connectivity index (χ2v) is 14.4. The fourth-order valence-corrected chi connectivity index (χ4v) is 8.80. The lowest BCUT2D eigenvalue weighted by molar-refractivity contribution is 0.654. The van der Waals surface area contributed by atoms with Crippen LogP contribution in [0.3, 0.4) is 0 Å². The predicted octanol–water partition coefficient (Wildman–Crippen LogP) is 13.0. The maximum atomic E-state index is 6.04. The molecule has 0 aliphatic carbocycles. The molecule has 7 aromatic carbocycles. The standard InChI is InChI=1S/C47H29N3OS/c1-2-11-30(12-3-1)31-13-10-14-32(25-31)49-42-18-7-4-15-36(42)39-27-34(21-23-44(39)49)52-35-22-24-45-40(28-35)37-16-5-8-19-43(37)50(45)33-26-41-38-17-6-9-20-46(38)51-47(41)48-29-33/h1-29H. The van der Waals surface area contributed by atoms with E-state index in [0.29, 0.717) is 5.71 Å². The molecule has 0 bridgehead atoms. The van der Waals surface area contributed by atoms with Gasteiger partial charge in [0.25, 0.3) is 0 Å². The molecular formula is C47H29N3OS. The van der Waals surface area contributed by atoms with Gasteiger partial charge in [-0.05, 0) is 83.9 Å². The van der Waals surface area contributed by atoms with E-state index in [0.717, 1.165) is 38.8 Å². The van der Waals surface area contributed by atoms with Gasteiger partial charge in [0.15, 0.2) is 0 Å². The maximum absolute atomic E-state index is 6.04. The maximum Gasteiger partial charge on any atom is 0.227 e. The minimum atomic E-state index is 0.658. The average Bonchev–Trinajstić information content (AvgIpc) is 3.85. The summed E-state index contributed by atoms with van der Waals surface area (Å²) >= 11 is 1.81. The number of aromatic nitrogens is 3. The van der Waals surface area contributed by atoms with Gasteiger partial charge in [-0.15, -0.1) is 0 Å². The summed E-state index contributed by atoms with van der Waals surface area (Å²) in [6, 6.07) is 60.9. The van der Waals surface area contributed by atoms with E-state index >= 15 is 0 Å². The molecule has 4 heterocycles. The molecule has 0 saturated heterocycles. The van der Waals surface area contributed by atoms with E-state index in [1.165, 1.54) is 53.5 Å². The van der Waals surface area contributed by atoms with Crippen LogP contribution in [0.15, 0.2) is 190 Å². The summed E-state index contributed by atoms with van der Waals surface area (Å²) in [5.41, 5.74) is 10.8. The van der Waals surface area contributed by atoms with Crippen LogP contribution in [0.5, 0.6) is 0 Å². The highest BCUT2D eigenvalue weighted by molar-refractivity contribution is 7.99. The van der Waals surface area contributed by atoms with Crippen LogP contribution in [0, 0.1) is 0 Å². The van der Waals surface area contributed by atoms with Crippen molar-refractivity contribution in [1.29, 1.82) is 0 Å². The van der Waals surface area contributed by atoms with Gasteiger partial charge in [0, 0.05) is 42.4 Å². The zero-order valence-corrected chi connectivity index (χ0v) is 28.7. The SMILES string of the molecule is c1ccc(-c2cccc(-n3c4ccccc4c4cc(Sc5ccc6c(c5)c5ccccc5n6-c5cnc6oc7ccccc7c6c5)ccc43)c2)cc1. The van der Waals surface area contributed by atoms with E-state index in [-0.39, 0.29) is 0 Å². The molecule has 0 aliphatic heterocycles. The van der Waals surface area contributed by atoms with Crippen molar-refractivity contribution >= 4 is 77.4 Å². The monoisotopic (exact) mass is 683 g/mol. The molecule has 0 N–H and O–H groups in total. The summed E-state index contributed by atoms with van der Waals surface area (Å²) < 4.78 is 10.8. The van der Waals surface area contributed by atoms with Gasteiger partial charge < -0.3 is 13.6 Å². The summed E-state index contributed by atoms with van der Waals surface area (Å²) in [4.78, 5) is 7.16. The van der Waals surface area contributed by atoms with Crippen molar-refractivity contribution in [2.45, 2.75) is 9.79 Å². The lowest BCUT2D eigenvalue weighted by Gasteiger charge is -2.11. The van der Waals surface area contributed by atoms with E-state index in [1.807, 2.05) is 24.4 Å². The molecule has 0 radical (unpaired) electrons. The molecule has 0 saturated carbocycles. The van der Waals surface area contributed by atoms with Crippen molar-refractivity contribution in [3.63, 3.8) is 0 Å². The number of benzene rings is 7. The second kappa shape index (κ2) is 11.5. The first kappa shape index (κ1) is 29.2. The van der Waals surface area contributed by atoms with Gasteiger partial charge in [0.2, 0.25) is 5.71 Å². The first-order chi connectivity index (χ1) is 25.8. The number of nitrogens with zero attached hydrogens (tertiary/aromatic N) is 3. The third kappa shape index (κ3) is 4.53. The van der Waals surface area contributed by atoms with Crippen LogP contribution in [0.25, 0.3) is 88.2 Å². The van der Waals surface area contributed by atoms with Gasteiger partial charge in [-0.3, -0.25) is 0 Å². The third-order valence-corrected chi connectivity index (χ3v) is 11.2. The van der Waals surface area contributed by atoms with Crippen LogP contribution in [-0.4, -0.2) is 14.1 Å². The Labute approximate surface area is 303 Å². The van der Waals surface area contributed by atoms with Crippen LogP contribution in [-0.2, 0) is 0 Å². The van der Waals surface area contributed by atoms with Crippen molar-refractivity contribution in [1.82, 2.24) is 14.1 Å². The van der Waals surface area contributed by atoms with Crippen molar-refractivity contribution in [2.75, 3.05) is 0 Å². The van der Waals surface area contributed by atoms with Crippen molar-refractivity contribution in [3.8, 4) is 22.5 Å². The van der Waals surface area contributed by atoms with Crippen LogP contribution < -0.4 is 0 Å². The number of hydrogen-bond acceptors (Lipinski definition) is 3. The van der Waals surface area contributed by atoms with Crippen LogP contribution in [0.1, 0.15) is 0 Å². The highest BCUT2D eigenvalue weighted by atomic mass is 32.2. The molecule has 0 unspecified atom stereocenters. The minimum absolute atomic E-state index is 0.658. The minimum Gasteiger partial charge on any atom is -0.438 e. The van der Waals surface area contributed by atoms with E-state index < -0.39 is 0 Å². The fraction of sp³-hybridized carbons (Fsp3) is 0. The largest absolute Gasteiger partial charge is 0.438 e. The molecule has 0 fully saturated rings. The molecule has 4 aromatic heterocycles. The second-order valence-electron chi connectivity index (χ2n) is 13.2. The predicted molar refractivity (Wildman–Crippen MR) is 216 cm³/mol. The first-order valence-corrected chi connectivity index (χ1v) is 18.3. The van der Waals surface area contributed by atoms with Gasteiger partial charge >= 0.3 is 0 Å². The Balaban J connectivity index is 1.01. The molecule has 244 valence electrons. The molecule has 11 aromatic rings. The third-order valence-electron chi connectivity index (χ3n) is 10.2. The quantitative estimate of drug-likeness (QED) is 0.181. The van der Waals surface area contributed by atoms with Gasteiger partial charge in [-0.2, -0.15) is 0 Å². The Morgan fingerprint density at radius 1 is 0.404 bits per heavy atom. The molecule has 52 heavy (non-hydrogen) atoms. The Hall–Kier alpha value is -6.56. The molecular weight excluding hydrogens is 655 g/mol.